The molecule has 0 saturated heterocycles. The SMILES string of the molecule is CCC(=O)c1ccccc1N(C)Cc1cccnc1. The van der Waals surface area contributed by atoms with Crippen LogP contribution in [0, 0.1) is 0 Å². The van der Waals surface area contributed by atoms with Crippen LogP contribution in [0.4, 0.5) is 5.69 Å². The average molecular weight is 254 g/mol. The smallest absolute Gasteiger partial charge is 0.164 e. The van der Waals surface area contributed by atoms with E-state index in [1.165, 1.54) is 0 Å². The summed E-state index contributed by atoms with van der Waals surface area (Å²) < 4.78 is 0. The summed E-state index contributed by atoms with van der Waals surface area (Å²) in [6.07, 6.45) is 4.14. The Morgan fingerprint density at radius 1 is 1.21 bits per heavy atom. The van der Waals surface area contributed by atoms with Gasteiger partial charge in [-0.25, -0.2) is 0 Å². The van der Waals surface area contributed by atoms with E-state index in [4.69, 9.17) is 0 Å². The van der Waals surface area contributed by atoms with E-state index in [0.717, 1.165) is 23.4 Å². The number of Topliss-reactive ketones (excluding diaryl/α,β-unsaturated/α-hetero) is 1. The number of aromatic nitrogens is 1. The first kappa shape index (κ1) is 13.3. The highest BCUT2D eigenvalue weighted by atomic mass is 16.1. The maximum Gasteiger partial charge on any atom is 0.164 e. The molecule has 0 N–H and O–H groups in total. The number of carbonyl (C=O) groups excluding carboxylic acids is 1. The second-order valence-corrected chi connectivity index (χ2v) is 4.51. The Morgan fingerprint density at radius 2 is 2.00 bits per heavy atom. The first-order valence-electron chi connectivity index (χ1n) is 6.44. The average Bonchev–Trinajstić information content (AvgIpc) is 2.47. The van der Waals surface area contributed by atoms with Crippen molar-refractivity contribution in [3.63, 3.8) is 0 Å². The van der Waals surface area contributed by atoms with E-state index in [1.54, 1.807) is 6.20 Å². The van der Waals surface area contributed by atoms with Crippen molar-refractivity contribution in [3.05, 3.63) is 59.9 Å². The molecule has 1 aromatic carbocycles. The van der Waals surface area contributed by atoms with E-state index in [-0.39, 0.29) is 5.78 Å². The van der Waals surface area contributed by atoms with Gasteiger partial charge in [0.25, 0.3) is 0 Å². The van der Waals surface area contributed by atoms with Crippen molar-refractivity contribution in [3.8, 4) is 0 Å². The predicted molar refractivity (Wildman–Crippen MR) is 77.4 cm³/mol. The summed E-state index contributed by atoms with van der Waals surface area (Å²) in [4.78, 5) is 18.1. The Bertz CT molecular complexity index is 552. The summed E-state index contributed by atoms with van der Waals surface area (Å²) in [5.74, 6) is 0.175. The van der Waals surface area contributed by atoms with E-state index in [2.05, 4.69) is 9.88 Å². The Labute approximate surface area is 113 Å². The van der Waals surface area contributed by atoms with E-state index < -0.39 is 0 Å². The molecule has 0 radical (unpaired) electrons. The summed E-state index contributed by atoms with van der Waals surface area (Å²) in [6.45, 7) is 2.63. The molecule has 0 atom stereocenters. The highest BCUT2D eigenvalue weighted by molar-refractivity contribution is 6.01. The number of para-hydroxylation sites is 1. The molecule has 0 spiro atoms. The van der Waals surface area contributed by atoms with Crippen molar-refractivity contribution in [2.24, 2.45) is 0 Å². The highest BCUT2D eigenvalue weighted by Crippen LogP contribution is 2.22. The Morgan fingerprint density at radius 3 is 2.68 bits per heavy atom. The number of benzene rings is 1. The molecule has 3 nitrogen and oxygen atoms in total. The van der Waals surface area contributed by atoms with Gasteiger partial charge in [-0.3, -0.25) is 9.78 Å². The topological polar surface area (TPSA) is 33.2 Å². The molecule has 1 heterocycles. The minimum Gasteiger partial charge on any atom is -0.370 e. The predicted octanol–water partition coefficient (Wildman–Crippen LogP) is 3.31. The Hall–Kier alpha value is -2.16. The number of pyridine rings is 1. The van der Waals surface area contributed by atoms with Crippen LogP contribution >= 0.6 is 0 Å². The monoisotopic (exact) mass is 254 g/mol. The maximum absolute atomic E-state index is 12.0. The van der Waals surface area contributed by atoms with Crippen LogP contribution in [-0.2, 0) is 6.54 Å². The quantitative estimate of drug-likeness (QED) is 0.767. The van der Waals surface area contributed by atoms with Crippen LogP contribution in [0.15, 0.2) is 48.8 Å². The van der Waals surface area contributed by atoms with Crippen LogP contribution in [0.5, 0.6) is 0 Å². The third-order valence-corrected chi connectivity index (χ3v) is 3.08. The van der Waals surface area contributed by atoms with Gasteiger partial charge in [0, 0.05) is 43.7 Å². The fourth-order valence-electron chi connectivity index (χ4n) is 2.08. The van der Waals surface area contributed by atoms with Gasteiger partial charge < -0.3 is 4.90 Å². The van der Waals surface area contributed by atoms with Gasteiger partial charge in [-0.2, -0.15) is 0 Å². The minimum atomic E-state index is 0.175. The number of anilines is 1. The van der Waals surface area contributed by atoms with E-state index in [9.17, 15) is 4.79 Å². The lowest BCUT2D eigenvalue weighted by atomic mass is 10.1. The highest BCUT2D eigenvalue weighted by Gasteiger charge is 2.12. The summed E-state index contributed by atoms with van der Waals surface area (Å²) in [5, 5.41) is 0. The van der Waals surface area contributed by atoms with Crippen molar-refractivity contribution >= 4 is 11.5 Å². The molecule has 19 heavy (non-hydrogen) atoms. The van der Waals surface area contributed by atoms with Gasteiger partial charge in [0.15, 0.2) is 5.78 Å². The molecule has 0 amide bonds. The van der Waals surface area contributed by atoms with Crippen molar-refractivity contribution in [1.82, 2.24) is 4.98 Å². The van der Waals surface area contributed by atoms with Gasteiger partial charge in [-0.05, 0) is 23.8 Å². The van der Waals surface area contributed by atoms with Crippen molar-refractivity contribution in [1.29, 1.82) is 0 Å². The molecule has 0 saturated carbocycles. The minimum absolute atomic E-state index is 0.175. The molecule has 0 aliphatic carbocycles. The number of nitrogens with zero attached hydrogens (tertiary/aromatic N) is 2. The Kier molecular flexibility index (Phi) is 4.29. The van der Waals surface area contributed by atoms with Crippen molar-refractivity contribution < 1.29 is 4.79 Å². The van der Waals surface area contributed by atoms with Gasteiger partial charge in [-0.1, -0.05) is 25.1 Å². The second-order valence-electron chi connectivity index (χ2n) is 4.51. The maximum atomic E-state index is 12.0. The zero-order valence-electron chi connectivity index (χ0n) is 11.3. The van der Waals surface area contributed by atoms with Crippen LogP contribution < -0.4 is 4.90 Å². The molecule has 2 rings (SSSR count). The molecule has 0 fully saturated rings. The number of ketones is 1. The van der Waals surface area contributed by atoms with Gasteiger partial charge >= 0.3 is 0 Å². The zero-order valence-corrected chi connectivity index (χ0v) is 11.3. The molecule has 98 valence electrons. The van der Waals surface area contributed by atoms with Crippen LogP contribution in [-0.4, -0.2) is 17.8 Å². The van der Waals surface area contributed by atoms with Gasteiger partial charge in [0.2, 0.25) is 0 Å². The Balaban J connectivity index is 2.24. The van der Waals surface area contributed by atoms with Gasteiger partial charge in [-0.15, -0.1) is 0 Å². The largest absolute Gasteiger partial charge is 0.370 e. The lowest BCUT2D eigenvalue weighted by Gasteiger charge is -2.21. The van der Waals surface area contributed by atoms with Gasteiger partial charge in [0.1, 0.15) is 0 Å². The molecule has 1 aromatic heterocycles. The second kappa shape index (κ2) is 6.14. The number of hydrogen-bond acceptors (Lipinski definition) is 3. The summed E-state index contributed by atoms with van der Waals surface area (Å²) in [7, 11) is 1.99. The fraction of sp³-hybridized carbons (Fsp3) is 0.250. The standard InChI is InChI=1S/C16H18N2O/c1-3-16(19)14-8-4-5-9-15(14)18(2)12-13-7-6-10-17-11-13/h4-11H,3,12H2,1-2H3. The molecular weight excluding hydrogens is 236 g/mol. The summed E-state index contributed by atoms with van der Waals surface area (Å²) >= 11 is 0. The third-order valence-electron chi connectivity index (χ3n) is 3.08. The fourth-order valence-corrected chi connectivity index (χ4v) is 2.08. The molecule has 2 aromatic rings. The zero-order chi connectivity index (χ0) is 13.7. The van der Waals surface area contributed by atoms with E-state index in [0.29, 0.717) is 6.42 Å². The number of hydrogen-bond donors (Lipinski definition) is 0. The summed E-state index contributed by atoms with van der Waals surface area (Å²) in [6, 6.07) is 11.7. The van der Waals surface area contributed by atoms with Crippen molar-refractivity contribution in [2.75, 3.05) is 11.9 Å². The lowest BCUT2D eigenvalue weighted by molar-refractivity contribution is 0.0988. The molecule has 0 aliphatic rings. The third kappa shape index (κ3) is 3.19. The van der Waals surface area contributed by atoms with Crippen LogP contribution in [0.25, 0.3) is 0 Å². The van der Waals surface area contributed by atoms with E-state index >= 15 is 0 Å². The van der Waals surface area contributed by atoms with Crippen LogP contribution in [0.3, 0.4) is 0 Å². The number of rotatable bonds is 5. The number of carbonyl (C=O) groups is 1. The lowest BCUT2D eigenvalue weighted by Crippen LogP contribution is -2.19. The normalized spacial score (nSPS) is 10.2. The molecular formula is C16H18N2O. The summed E-state index contributed by atoms with van der Waals surface area (Å²) in [5.41, 5.74) is 2.89. The molecule has 0 aliphatic heterocycles. The van der Waals surface area contributed by atoms with Crippen LogP contribution in [0.2, 0.25) is 0 Å². The first-order chi connectivity index (χ1) is 9.22. The molecule has 0 unspecified atom stereocenters. The van der Waals surface area contributed by atoms with Crippen molar-refractivity contribution in [2.45, 2.75) is 19.9 Å². The first-order valence-corrected chi connectivity index (χ1v) is 6.44. The molecule has 0 bridgehead atoms. The van der Waals surface area contributed by atoms with Gasteiger partial charge in [0.05, 0.1) is 0 Å². The van der Waals surface area contributed by atoms with Crippen LogP contribution in [0.1, 0.15) is 29.3 Å². The van der Waals surface area contributed by atoms with E-state index in [1.807, 2.05) is 56.6 Å². The molecule has 3 heteroatoms.